The Morgan fingerprint density at radius 3 is 2.11 bits per heavy atom. The molecule has 1 atom stereocenters. The van der Waals surface area contributed by atoms with Gasteiger partial charge >= 0.3 is 0 Å². The van der Waals surface area contributed by atoms with Crippen LogP contribution in [0.15, 0.2) is 78.4 Å². The van der Waals surface area contributed by atoms with E-state index in [4.69, 9.17) is 4.74 Å². The second-order valence-electron chi connectivity index (χ2n) is 7.52. The van der Waals surface area contributed by atoms with Gasteiger partial charge in [0.2, 0.25) is 0 Å². The van der Waals surface area contributed by atoms with Gasteiger partial charge in [0.15, 0.2) is 0 Å². The van der Waals surface area contributed by atoms with Crippen LogP contribution in [0.2, 0.25) is 0 Å². The quantitative estimate of drug-likeness (QED) is 0.183. The largest absolute Gasteiger partial charge is 0.507 e. The zero-order chi connectivity index (χ0) is 25.3. The van der Waals surface area contributed by atoms with Crippen LogP contribution in [-0.2, 0) is 9.59 Å². The average Bonchev–Trinajstić information content (AvgIpc) is 3.14. The van der Waals surface area contributed by atoms with Crippen molar-refractivity contribution >= 4 is 34.5 Å². The van der Waals surface area contributed by atoms with Gasteiger partial charge in [0.05, 0.1) is 28.6 Å². The summed E-state index contributed by atoms with van der Waals surface area (Å²) in [4.78, 5) is 48.5. The van der Waals surface area contributed by atoms with E-state index in [1.165, 1.54) is 43.5 Å². The number of benzene rings is 3. The highest BCUT2D eigenvalue weighted by atomic mass is 16.6. The Hall–Kier alpha value is -5.06. The van der Waals surface area contributed by atoms with Crippen LogP contribution in [0, 0.1) is 20.2 Å². The van der Waals surface area contributed by atoms with E-state index < -0.39 is 33.3 Å². The number of hydrogen-bond donors (Lipinski definition) is 1. The number of methoxy groups -OCH3 is 1. The Kier molecular flexibility index (Phi) is 5.98. The number of anilines is 1. The molecule has 1 aliphatic rings. The standard InChI is InChI=1S/C24H17N3O8/c1-35-19-11-9-16(10-12-19)25-21(15-3-2-4-18(13-15)27(33)34)20(23(29)24(25)30)22(28)14-5-7-17(8-6-14)26(31)32/h2-13,21,28H,1H3. The van der Waals surface area contributed by atoms with E-state index in [1.807, 2.05) is 0 Å². The highest BCUT2D eigenvalue weighted by Gasteiger charge is 2.47. The van der Waals surface area contributed by atoms with Gasteiger partial charge in [0.1, 0.15) is 11.5 Å². The maximum absolute atomic E-state index is 13.1. The number of aliphatic hydroxyl groups is 1. The maximum atomic E-state index is 13.1. The van der Waals surface area contributed by atoms with Gasteiger partial charge in [-0.1, -0.05) is 12.1 Å². The third-order valence-electron chi connectivity index (χ3n) is 5.54. The van der Waals surface area contributed by atoms with Gasteiger partial charge in [-0.05, 0) is 42.0 Å². The molecule has 1 N–H and O–H groups in total. The molecule has 0 spiro atoms. The van der Waals surface area contributed by atoms with Crippen LogP contribution in [0.1, 0.15) is 17.2 Å². The Labute approximate surface area is 197 Å². The number of aliphatic hydroxyl groups excluding tert-OH is 1. The van der Waals surface area contributed by atoms with Crippen molar-refractivity contribution in [2.24, 2.45) is 0 Å². The average molecular weight is 475 g/mol. The predicted octanol–water partition coefficient (Wildman–Crippen LogP) is 4.14. The zero-order valence-electron chi connectivity index (χ0n) is 18.2. The molecular formula is C24H17N3O8. The molecular weight excluding hydrogens is 458 g/mol. The molecule has 3 aromatic carbocycles. The molecule has 0 aromatic heterocycles. The van der Waals surface area contributed by atoms with E-state index >= 15 is 0 Å². The van der Waals surface area contributed by atoms with Gasteiger partial charge < -0.3 is 9.84 Å². The topological polar surface area (TPSA) is 153 Å². The van der Waals surface area contributed by atoms with Crippen LogP contribution < -0.4 is 9.64 Å². The van der Waals surface area contributed by atoms with Crippen LogP contribution in [0.5, 0.6) is 5.75 Å². The summed E-state index contributed by atoms with van der Waals surface area (Å²) in [6.07, 6.45) is 0. The summed E-state index contributed by atoms with van der Waals surface area (Å²) in [5, 5.41) is 33.4. The lowest BCUT2D eigenvalue weighted by Crippen LogP contribution is -2.29. The van der Waals surface area contributed by atoms with E-state index in [2.05, 4.69) is 0 Å². The molecule has 0 saturated carbocycles. The molecule has 1 amide bonds. The minimum Gasteiger partial charge on any atom is -0.507 e. The molecule has 0 aliphatic carbocycles. The number of amides is 1. The number of ketones is 1. The molecule has 11 heteroatoms. The summed E-state index contributed by atoms with van der Waals surface area (Å²) >= 11 is 0. The van der Waals surface area contributed by atoms with Crippen molar-refractivity contribution in [2.45, 2.75) is 6.04 Å². The molecule has 3 aromatic rings. The van der Waals surface area contributed by atoms with Crippen molar-refractivity contribution in [2.75, 3.05) is 12.0 Å². The van der Waals surface area contributed by atoms with E-state index in [0.717, 1.165) is 17.0 Å². The minimum absolute atomic E-state index is 0.0683. The summed E-state index contributed by atoms with van der Waals surface area (Å²) in [5.41, 5.74) is -0.211. The number of nitro groups is 2. The Balaban J connectivity index is 1.93. The maximum Gasteiger partial charge on any atom is 0.300 e. The Morgan fingerprint density at radius 1 is 0.914 bits per heavy atom. The molecule has 1 saturated heterocycles. The van der Waals surface area contributed by atoms with Crippen LogP contribution in [0.25, 0.3) is 5.76 Å². The third kappa shape index (κ3) is 4.17. The van der Waals surface area contributed by atoms with Crippen LogP contribution >= 0.6 is 0 Å². The number of Topliss-reactive ketones (excluding diaryl/α,β-unsaturated/α-hetero) is 1. The Morgan fingerprint density at radius 2 is 1.54 bits per heavy atom. The number of hydrogen-bond acceptors (Lipinski definition) is 8. The summed E-state index contributed by atoms with van der Waals surface area (Å²) in [5.74, 6) is -2.02. The van der Waals surface area contributed by atoms with Crippen molar-refractivity contribution < 1.29 is 29.3 Å². The summed E-state index contributed by atoms with van der Waals surface area (Å²) < 4.78 is 5.13. The van der Waals surface area contributed by atoms with Crippen LogP contribution in [0.4, 0.5) is 17.1 Å². The van der Waals surface area contributed by atoms with E-state index in [0.29, 0.717) is 11.4 Å². The lowest BCUT2D eigenvalue weighted by atomic mass is 9.94. The number of carbonyl (C=O) groups excluding carboxylic acids is 2. The first kappa shape index (κ1) is 23.1. The van der Waals surface area contributed by atoms with Crippen LogP contribution in [-0.4, -0.2) is 33.8 Å². The fraction of sp³-hybridized carbons (Fsp3) is 0.0833. The van der Waals surface area contributed by atoms with Crippen molar-refractivity contribution in [3.8, 4) is 5.75 Å². The molecule has 4 rings (SSSR count). The highest BCUT2D eigenvalue weighted by Crippen LogP contribution is 2.43. The van der Waals surface area contributed by atoms with E-state index in [-0.39, 0.29) is 28.1 Å². The first-order chi connectivity index (χ1) is 16.7. The van der Waals surface area contributed by atoms with Gasteiger partial charge in [-0.2, -0.15) is 0 Å². The molecule has 0 bridgehead atoms. The monoisotopic (exact) mass is 475 g/mol. The third-order valence-corrected chi connectivity index (χ3v) is 5.54. The fourth-order valence-electron chi connectivity index (χ4n) is 3.86. The van der Waals surface area contributed by atoms with Crippen molar-refractivity contribution in [3.05, 3.63) is 110 Å². The molecule has 1 fully saturated rings. The molecule has 1 unspecified atom stereocenters. The summed E-state index contributed by atoms with van der Waals surface area (Å²) in [7, 11) is 1.47. The minimum atomic E-state index is -1.20. The number of carbonyl (C=O) groups is 2. The van der Waals surface area contributed by atoms with Gasteiger partial charge in [0, 0.05) is 35.5 Å². The number of ether oxygens (including phenoxy) is 1. The number of non-ortho nitro benzene ring substituents is 2. The molecule has 11 nitrogen and oxygen atoms in total. The highest BCUT2D eigenvalue weighted by molar-refractivity contribution is 6.51. The SMILES string of the molecule is COc1ccc(N2C(=O)C(=O)C(=C(O)c3ccc([N+](=O)[O-])cc3)C2c2cccc([N+](=O)[O-])c2)cc1. The van der Waals surface area contributed by atoms with Crippen LogP contribution in [0.3, 0.4) is 0 Å². The van der Waals surface area contributed by atoms with Crippen molar-refractivity contribution in [1.82, 2.24) is 0 Å². The lowest BCUT2D eigenvalue weighted by molar-refractivity contribution is -0.385. The van der Waals surface area contributed by atoms with Gasteiger partial charge in [-0.25, -0.2) is 0 Å². The second kappa shape index (κ2) is 9.06. The number of nitrogens with zero attached hydrogens (tertiary/aromatic N) is 3. The summed E-state index contributed by atoms with van der Waals surface area (Å²) in [6.45, 7) is 0. The van der Waals surface area contributed by atoms with E-state index in [9.17, 15) is 34.9 Å². The zero-order valence-corrected chi connectivity index (χ0v) is 18.2. The smallest absolute Gasteiger partial charge is 0.300 e. The van der Waals surface area contributed by atoms with Crippen molar-refractivity contribution in [3.63, 3.8) is 0 Å². The molecule has 176 valence electrons. The predicted molar refractivity (Wildman–Crippen MR) is 124 cm³/mol. The fourth-order valence-corrected chi connectivity index (χ4v) is 3.86. The summed E-state index contributed by atoms with van der Waals surface area (Å²) in [6, 6.07) is 15.2. The van der Waals surface area contributed by atoms with E-state index in [1.54, 1.807) is 24.3 Å². The molecule has 0 radical (unpaired) electrons. The van der Waals surface area contributed by atoms with Gasteiger partial charge in [-0.3, -0.25) is 34.7 Å². The lowest BCUT2D eigenvalue weighted by Gasteiger charge is -2.25. The van der Waals surface area contributed by atoms with Gasteiger partial charge in [-0.15, -0.1) is 0 Å². The second-order valence-corrected chi connectivity index (χ2v) is 7.52. The first-order valence-electron chi connectivity index (χ1n) is 10.2. The number of nitro benzene ring substituents is 2. The number of rotatable bonds is 6. The molecule has 1 heterocycles. The molecule has 1 aliphatic heterocycles. The molecule has 35 heavy (non-hydrogen) atoms. The Bertz CT molecular complexity index is 1380. The first-order valence-corrected chi connectivity index (χ1v) is 10.2. The van der Waals surface area contributed by atoms with Crippen molar-refractivity contribution in [1.29, 1.82) is 0 Å². The van der Waals surface area contributed by atoms with Gasteiger partial charge in [0.25, 0.3) is 23.1 Å². The normalized spacial score (nSPS) is 16.8.